The van der Waals surface area contributed by atoms with E-state index in [2.05, 4.69) is 15.4 Å². The molecule has 1 aliphatic heterocycles. The zero-order valence-corrected chi connectivity index (χ0v) is 8.03. The van der Waals surface area contributed by atoms with Crippen molar-refractivity contribution in [1.29, 1.82) is 0 Å². The van der Waals surface area contributed by atoms with Gasteiger partial charge in [-0.1, -0.05) is 0 Å². The molecule has 13 heavy (non-hydrogen) atoms. The van der Waals surface area contributed by atoms with Crippen LogP contribution in [-0.4, -0.2) is 27.9 Å². The summed E-state index contributed by atoms with van der Waals surface area (Å²) in [7, 11) is 1.95. The average molecular weight is 180 g/mol. The lowest BCUT2D eigenvalue weighted by Crippen LogP contribution is -2.10. The number of nitrogens with zero attached hydrogens (tertiary/aromatic N) is 3. The van der Waals surface area contributed by atoms with Crippen molar-refractivity contribution < 1.29 is 0 Å². The van der Waals surface area contributed by atoms with Crippen LogP contribution in [0.1, 0.15) is 18.7 Å². The van der Waals surface area contributed by atoms with E-state index in [-0.39, 0.29) is 0 Å². The highest BCUT2D eigenvalue weighted by Crippen LogP contribution is 2.14. The molecule has 1 aromatic rings. The first-order valence-electron chi connectivity index (χ1n) is 4.90. The molecule has 1 saturated heterocycles. The van der Waals surface area contributed by atoms with Crippen LogP contribution < -0.4 is 5.32 Å². The van der Waals surface area contributed by atoms with Gasteiger partial charge in [0.25, 0.3) is 0 Å². The second-order valence-electron chi connectivity index (χ2n) is 3.70. The van der Waals surface area contributed by atoms with Crippen LogP contribution >= 0.6 is 0 Å². The van der Waals surface area contributed by atoms with Gasteiger partial charge in [-0.25, -0.2) is 4.98 Å². The summed E-state index contributed by atoms with van der Waals surface area (Å²) in [5.74, 6) is 1.95. The Balaban J connectivity index is 1.82. The van der Waals surface area contributed by atoms with Gasteiger partial charge in [-0.15, -0.1) is 0 Å². The van der Waals surface area contributed by atoms with Crippen molar-refractivity contribution in [3.8, 4) is 0 Å². The standard InChI is InChI=1S/C9H16N4/c1-13-9(11-7-12-13)3-2-8-4-5-10-6-8/h7-8,10H,2-6H2,1H3. The van der Waals surface area contributed by atoms with Crippen molar-refractivity contribution in [3.05, 3.63) is 12.2 Å². The minimum Gasteiger partial charge on any atom is -0.316 e. The zero-order chi connectivity index (χ0) is 9.10. The Morgan fingerprint density at radius 2 is 2.62 bits per heavy atom. The summed E-state index contributed by atoms with van der Waals surface area (Å²) in [4.78, 5) is 4.21. The molecule has 0 spiro atoms. The van der Waals surface area contributed by atoms with Gasteiger partial charge >= 0.3 is 0 Å². The van der Waals surface area contributed by atoms with E-state index in [1.54, 1.807) is 6.33 Å². The Morgan fingerprint density at radius 3 is 3.23 bits per heavy atom. The molecule has 0 aromatic carbocycles. The summed E-state index contributed by atoms with van der Waals surface area (Å²) in [5, 5.41) is 7.43. The predicted octanol–water partition coefficient (Wildman–Crippen LogP) is 0.357. The lowest BCUT2D eigenvalue weighted by Gasteiger charge is -2.06. The molecular weight excluding hydrogens is 164 g/mol. The summed E-state index contributed by atoms with van der Waals surface area (Å²) >= 11 is 0. The van der Waals surface area contributed by atoms with Crippen molar-refractivity contribution in [1.82, 2.24) is 20.1 Å². The van der Waals surface area contributed by atoms with E-state index in [4.69, 9.17) is 0 Å². The van der Waals surface area contributed by atoms with Crippen LogP contribution in [-0.2, 0) is 13.5 Å². The number of rotatable bonds is 3. The quantitative estimate of drug-likeness (QED) is 0.730. The monoisotopic (exact) mass is 180 g/mol. The molecule has 1 aromatic heterocycles. The fourth-order valence-corrected chi connectivity index (χ4v) is 1.84. The van der Waals surface area contributed by atoms with Gasteiger partial charge in [0.1, 0.15) is 12.2 Å². The third kappa shape index (κ3) is 2.06. The van der Waals surface area contributed by atoms with Crippen LogP contribution in [0.25, 0.3) is 0 Å². The molecule has 2 heterocycles. The van der Waals surface area contributed by atoms with Gasteiger partial charge in [-0.3, -0.25) is 4.68 Å². The molecule has 0 aliphatic carbocycles. The van der Waals surface area contributed by atoms with Crippen LogP contribution in [0.3, 0.4) is 0 Å². The topological polar surface area (TPSA) is 42.7 Å². The second-order valence-corrected chi connectivity index (χ2v) is 3.70. The first-order chi connectivity index (χ1) is 6.36. The number of hydrogen-bond acceptors (Lipinski definition) is 3. The molecule has 0 bridgehead atoms. The summed E-state index contributed by atoms with van der Waals surface area (Å²) in [6.07, 6.45) is 5.24. The fourth-order valence-electron chi connectivity index (χ4n) is 1.84. The number of aromatic nitrogens is 3. The highest BCUT2D eigenvalue weighted by Gasteiger charge is 2.14. The summed E-state index contributed by atoms with van der Waals surface area (Å²) < 4.78 is 1.86. The van der Waals surface area contributed by atoms with E-state index in [0.29, 0.717) is 0 Å². The Hall–Kier alpha value is -0.900. The molecule has 1 fully saturated rings. The SMILES string of the molecule is Cn1ncnc1CCC1CCNC1. The van der Waals surface area contributed by atoms with E-state index < -0.39 is 0 Å². The number of nitrogens with one attached hydrogen (secondary N) is 1. The fraction of sp³-hybridized carbons (Fsp3) is 0.778. The van der Waals surface area contributed by atoms with Gasteiger partial charge in [0.2, 0.25) is 0 Å². The van der Waals surface area contributed by atoms with Crippen LogP contribution in [0, 0.1) is 5.92 Å². The molecule has 0 radical (unpaired) electrons. The highest BCUT2D eigenvalue weighted by atomic mass is 15.3. The first-order valence-corrected chi connectivity index (χ1v) is 4.90. The molecule has 0 amide bonds. The third-order valence-electron chi connectivity index (χ3n) is 2.74. The van der Waals surface area contributed by atoms with Crippen molar-refractivity contribution >= 4 is 0 Å². The largest absolute Gasteiger partial charge is 0.316 e. The van der Waals surface area contributed by atoms with Crippen molar-refractivity contribution in [2.24, 2.45) is 13.0 Å². The van der Waals surface area contributed by atoms with E-state index >= 15 is 0 Å². The molecule has 4 nitrogen and oxygen atoms in total. The normalized spacial score (nSPS) is 22.4. The average Bonchev–Trinajstić information content (AvgIpc) is 2.72. The Kier molecular flexibility index (Phi) is 2.59. The lowest BCUT2D eigenvalue weighted by molar-refractivity contribution is 0.515. The molecular formula is C9H16N4. The Labute approximate surface area is 78.4 Å². The Bertz CT molecular complexity index is 262. The maximum atomic E-state index is 4.21. The number of hydrogen-bond donors (Lipinski definition) is 1. The van der Waals surface area contributed by atoms with Gasteiger partial charge in [0.15, 0.2) is 0 Å². The maximum Gasteiger partial charge on any atom is 0.138 e. The maximum absolute atomic E-state index is 4.21. The predicted molar refractivity (Wildman–Crippen MR) is 50.3 cm³/mol. The van der Waals surface area contributed by atoms with Crippen LogP contribution in [0.4, 0.5) is 0 Å². The van der Waals surface area contributed by atoms with E-state index in [1.807, 2.05) is 11.7 Å². The summed E-state index contributed by atoms with van der Waals surface area (Å²) in [6.45, 7) is 2.36. The molecule has 1 N–H and O–H groups in total. The van der Waals surface area contributed by atoms with Gasteiger partial charge in [0.05, 0.1) is 0 Å². The van der Waals surface area contributed by atoms with Gasteiger partial charge in [-0.2, -0.15) is 5.10 Å². The molecule has 0 saturated carbocycles. The second kappa shape index (κ2) is 3.87. The molecule has 1 aliphatic rings. The van der Waals surface area contributed by atoms with Gasteiger partial charge in [-0.05, 0) is 31.8 Å². The van der Waals surface area contributed by atoms with Gasteiger partial charge < -0.3 is 5.32 Å². The molecule has 4 heteroatoms. The van der Waals surface area contributed by atoms with E-state index in [9.17, 15) is 0 Å². The molecule has 2 rings (SSSR count). The minimum atomic E-state index is 0.844. The smallest absolute Gasteiger partial charge is 0.138 e. The lowest BCUT2D eigenvalue weighted by atomic mass is 10.0. The third-order valence-corrected chi connectivity index (χ3v) is 2.74. The van der Waals surface area contributed by atoms with E-state index in [1.165, 1.54) is 25.9 Å². The van der Waals surface area contributed by atoms with Crippen molar-refractivity contribution in [2.75, 3.05) is 13.1 Å². The minimum absolute atomic E-state index is 0.844. The summed E-state index contributed by atoms with van der Waals surface area (Å²) in [5.41, 5.74) is 0. The number of aryl methyl sites for hydroxylation is 2. The molecule has 1 unspecified atom stereocenters. The highest BCUT2D eigenvalue weighted by molar-refractivity contribution is 4.85. The van der Waals surface area contributed by atoms with Crippen molar-refractivity contribution in [2.45, 2.75) is 19.3 Å². The van der Waals surface area contributed by atoms with Crippen LogP contribution in [0.15, 0.2) is 6.33 Å². The first kappa shape index (κ1) is 8.69. The summed E-state index contributed by atoms with van der Waals surface area (Å²) in [6, 6.07) is 0. The Morgan fingerprint density at radius 1 is 1.69 bits per heavy atom. The van der Waals surface area contributed by atoms with E-state index in [0.717, 1.165) is 18.2 Å². The molecule has 1 atom stereocenters. The van der Waals surface area contributed by atoms with Gasteiger partial charge in [0, 0.05) is 13.5 Å². The molecule has 72 valence electrons. The van der Waals surface area contributed by atoms with Crippen LogP contribution in [0.5, 0.6) is 0 Å². The van der Waals surface area contributed by atoms with Crippen LogP contribution in [0.2, 0.25) is 0 Å². The van der Waals surface area contributed by atoms with Crippen molar-refractivity contribution in [3.63, 3.8) is 0 Å². The zero-order valence-electron chi connectivity index (χ0n) is 8.03.